The van der Waals surface area contributed by atoms with Crippen LogP contribution in [-0.2, 0) is 0 Å². The Balaban J connectivity index is 1.74. The van der Waals surface area contributed by atoms with Crippen molar-refractivity contribution in [1.82, 2.24) is 15.1 Å². The summed E-state index contributed by atoms with van der Waals surface area (Å²) in [4.78, 5) is 5.11. The van der Waals surface area contributed by atoms with Crippen LogP contribution in [0.15, 0.2) is 0 Å². The molecule has 2 saturated heterocycles. The molecule has 3 nitrogen and oxygen atoms in total. The Kier molecular flexibility index (Phi) is 3.65. The summed E-state index contributed by atoms with van der Waals surface area (Å²) in [6, 6.07) is 0.727. The maximum atomic E-state index is 3.37. The molecule has 0 spiro atoms. The van der Waals surface area contributed by atoms with E-state index in [-0.39, 0.29) is 0 Å². The van der Waals surface area contributed by atoms with Gasteiger partial charge in [-0.1, -0.05) is 6.92 Å². The van der Waals surface area contributed by atoms with Crippen LogP contribution in [-0.4, -0.2) is 62.2 Å². The number of likely N-dealkylation sites (N-methyl/N-ethyl adjacent to an activating group) is 1. The van der Waals surface area contributed by atoms with Gasteiger partial charge in [-0.15, -0.1) is 0 Å². The predicted octanol–water partition coefficient (Wildman–Crippen LogP) is 0.478. The highest BCUT2D eigenvalue weighted by Gasteiger charge is 2.27. The largest absolute Gasteiger partial charge is 0.316 e. The molecule has 88 valence electrons. The van der Waals surface area contributed by atoms with Crippen LogP contribution in [0, 0.1) is 11.8 Å². The topological polar surface area (TPSA) is 18.5 Å². The molecule has 2 atom stereocenters. The molecule has 0 aromatic rings. The number of hydrogen-bond acceptors (Lipinski definition) is 3. The molecule has 0 aromatic heterocycles. The summed E-state index contributed by atoms with van der Waals surface area (Å²) in [7, 11) is 2.24. The molecule has 15 heavy (non-hydrogen) atoms. The van der Waals surface area contributed by atoms with E-state index in [0.29, 0.717) is 0 Å². The van der Waals surface area contributed by atoms with Gasteiger partial charge in [-0.2, -0.15) is 0 Å². The van der Waals surface area contributed by atoms with Crippen molar-refractivity contribution in [1.29, 1.82) is 0 Å². The summed E-state index contributed by atoms with van der Waals surface area (Å²) >= 11 is 0. The van der Waals surface area contributed by atoms with Crippen LogP contribution >= 0.6 is 0 Å². The minimum atomic E-state index is 0.727. The first-order valence-corrected chi connectivity index (χ1v) is 6.30. The normalized spacial score (nSPS) is 32.6. The van der Waals surface area contributed by atoms with Crippen LogP contribution in [0.4, 0.5) is 0 Å². The number of nitrogens with one attached hydrogen (secondary N) is 1. The molecule has 0 radical (unpaired) electrons. The zero-order valence-electron chi connectivity index (χ0n) is 10.4. The van der Waals surface area contributed by atoms with Crippen molar-refractivity contribution >= 4 is 0 Å². The molecule has 2 heterocycles. The Bertz CT molecular complexity index is 203. The highest BCUT2D eigenvalue weighted by Crippen LogP contribution is 2.18. The van der Waals surface area contributed by atoms with E-state index in [1.54, 1.807) is 0 Å². The van der Waals surface area contributed by atoms with Gasteiger partial charge in [-0.25, -0.2) is 0 Å². The Morgan fingerprint density at radius 2 is 2.07 bits per heavy atom. The summed E-state index contributed by atoms with van der Waals surface area (Å²) in [6.45, 7) is 12.3. The van der Waals surface area contributed by atoms with E-state index >= 15 is 0 Å². The van der Waals surface area contributed by atoms with E-state index in [0.717, 1.165) is 17.9 Å². The van der Waals surface area contributed by atoms with Crippen LogP contribution in [0.1, 0.15) is 13.8 Å². The first kappa shape index (κ1) is 11.4. The molecule has 2 fully saturated rings. The van der Waals surface area contributed by atoms with Crippen LogP contribution in [0.2, 0.25) is 0 Å². The standard InChI is InChI=1S/C12H25N3/c1-10(12-6-13-7-12)8-15-5-4-14(3)11(2)9-15/h10-13H,4-9H2,1-3H3. The quantitative estimate of drug-likeness (QED) is 0.732. The fourth-order valence-corrected chi connectivity index (χ4v) is 2.56. The molecule has 0 amide bonds. The Morgan fingerprint density at radius 3 is 2.60 bits per heavy atom. The summed E-state index contributed by atoms with van der Waals surface area (Å²) in [5.41, 5.74) is 0. The van der Waals surface area contributed by atoms with Crippen LogP contribution in [0.3, 0.4) is 0 Å². The molecule has 2 aliphatic heterocycles. The fraction of sp³-hybridized carbons (Fsp3) is 1.00. The molecule has 0 aliphatic carbocycles. The van der Waals surface area contributed by atoms with Gasteiger partial charge in [0.2, 0.25) is 0 Å². The zero-order chi connectivity index (χ0) is 10.8. The van der Waals surface area contributed by atoms with E-state index in [9.17, 15) is 0 Å². The SMILES string of the molecule is CC(CN1CCN(C)C(C)C1)C1CNC1. The average molecular weight is 211 g/mol. The lowest BCUT2D eigenvalue weighted by Crippen LogP contribution is -2.53. The molecule has 1 N–H and O–H groups in total. The maximum Gasteiger partial charge on any atom is 0.0192 e. The maximum absolute atomic E-state index is 3.37. The lowest BCUT2D eigenvalue weighted by molar-refractivity contribution is 0.0786. The van der Waals surface area contributed by atoms with Gasteiger partial charge < -0.3 is 15.1 Å². The average Bonchev–Trinajstić information content (AvgIpc) is 2.08. The monoisotopic (exact) mass is 211 g/mol. The Hall–Kier alpha value is -0.120. The van der Waals surface area contributed by atoms with Gasteiger partial charge >= 0.3 is 0 Å². The summed E-state index contributed by atoms with van der Waals surface area (Å²) in [6.07, 6.45) is 0. The number of piperazine rings is 1. The molecule has 0 saturated carbocycles. The van der Waals surface area contributed by atoms with Gasteiger partial charge in [-0.05, 0) is 38.9 Å². The third kappa shape index (κ3) is 2.71. The van der Waals surface area contributed by atoms with Gasteiger partial charge in [0.1, 0.15) is 0 Å². The van der Waals surface area contributed by atoms with Gasteiger partial charge in [0.05, 0.1) is 0 Å². The fourth-order valence-electron chi connectivity index (χ4n) is 2.56. The molecule has 3 heteroatoms. The number of hydrogen-bond donors (Lipinski definition) is 1. The van der Waals surface area contributed by atoms with Gasteiger partial charge in [0.15, 0.2) is 0 Å². The van der Waals surface area contributed by atoms with Crippen molar-refractivity contribution in [3.8, 4) is 0 Å². The van der Waals surface area contributed by atoms with Crippen molar-refractivity contribution < 1.29 is 0 Å². The number of nitrogens with zero attached hydrogens (tertiary/aromatic N) is 2. The molecular formula is C12H25N3. The second-order valence-electron chi connectivity index (χ2n) is 5.48. The zero-order valence-corrected chi connectivity index (χ0v) is 10.4. The van der Waals surface area contributed by atoms with E-state index in [1.165, 1.54) is 39.3 Å². The predicted molar refractivity (Wildman–Crippen MR) is 64.1 cm³/mol. The van der Waals surface area contributed by atoms with Crippen molar-refractivity contribution in [3.63, 3.8) is 0 Å². The van der Waals surface area contributed by atoms with Crippen LogP contribution in [0.5, 0.6) is 0 Å². The summed E-state index contributed by atoms with van der Waals surface area (Å²) in [5.74, 6) is 1.79. The second-order valence-corrected chi connectivity index (χ2v) is 5.48. The molecular weight excluding hydrogens is 186 g/mol. The molecule has 0 bridgehead atoms. The van der Waals surface area contributed by atoms with Crippen LogP contribution in [0.25, 0.3) is 0 Å². The minimum Gasteiger partial charge on any atom is -0.316 e. The van der Waals surface area contributed by atoms with Crippen molar-refractivity contribution in [2.24, 2.45) is 11.8 Å². The highest BCUT2D eigenvalue weighted by atomic mass is 15.3. The van der Waals surface area contributed by atoms with E-state index in [1.807, 2.05) is 0 Å². The van der Waals surface area contributed by atoms with Gasteiger partial charge in [0.25, 0.3) is 0 Å². The Morgan fingerprint density at radius 1 is 1.33 bits per heavy atom. The minimum absolute atomic E-state index is 0.727. The number of rotatable bonds is 3. The van der Waals surface area contributed by atoms with Crippen molar-refractivity contribution in [2.75, 3.05) is 46.3 Å². The Labute approximate surface area is 93.8 Å². The van der Waals surface area contributed by atoms with Crippen molar-refractivity contribution in [2.45, 2.75) is 19.9 Å². The van der Waals surface area contributed by atoms with Crippen molar-refractivity contribution in [3.05, 3.63) is 0 Å². The summed E-state index contributed by atoms with van der Waals surface area (Å²) < 4.78 is 0. The molecule has 2 aliphatic rings. The first-order chi connectivity index (χ1) is 7.16. The highest BCUT2D eigenvalue weighted by molar-refractivity contribution is 4.83. The lowest BCUT2D eigenvalue weighted by Gasteiger charge is -2.41. The van der Waals surface area contributed by atoms with E-state index in [2.05, 4.69) is 36.0 Å². The third-order valence-corrected chi connectivity index (χ3v) is 4.21. The van der Waals surface area contributed by atoms with E-state index in [4.69, 9.17) is 0 Å². The molecule has 0 aromatic carbocycles. The first-order valence-electron chi connectivity index (χ1n) is 6.30. The lowest BCUT2D eigenvalue weighted by atomic mass is 9.88. The van der Waals surface area contributed by atoms with Crippen LogP contribution < -0.4 is 5.32 Å². The molecule has 2 rings (SSSR count). The smallest absolute Gasteiger partial charge is 0.0192 e. The van der Waals surface area contributed by atoms with Gasteiger partial charge in [-0.3, -0.25) is 0 Å². The second kappa shape index (κ2) is 4.81. The molecule has 2 unspecified atom stereocenters. The van der Waals surface area contributed by atoms with E-state index < -0.39 is 0 Å². The van der Waals surface area contributed by atoms with Gasteiger partial charge in [0, 0.05) is 32.2 Å². The summed E-state index contributed by atoms with van der Waals surface area (Å²) in [5, 5.41) is 3.37. The third-order valence-electron chi connectivity index (χ3n) is 4.21.